The molecule has 1 aliphatic rings. The summed E-state index contributed by atoms with van der Waals surface area (Å²) in [6.45, 7) is 0. The van der Waals surface area contributed by atoms with E-state index in [-0.39, 0.29) is 5.91 Å². The molecular formula is C19H22N6OS. The molecule has 140 valence electrons. The minimum Gasteiger partial charge on any atom is -0.348 e. The van der Waals surface area contributed by atoms with Crippen LogP contribution in [0.1, 0.15) is 29.3 Å². The number of aromatic amines is 1. The highest BCUT2D eigenvalue weighted by atomic mass is 32.1. The molecule has 1 amide bonds. The number of aryl methyl sites for hydroxylation is 1. The predicted molar refractivity (Wildman–Crippen MR) is 105 cm³/mol. The molecule has 0 spiro atoms. The Morgan fingerprint density at radius 3 is 2.96 bits per heavy atom. The third-order valence-electron chi connectivity index (χ3n) is 5.08. The first-order valence-electron chi connectivity index (χ1n) is 9.02. The molecule has 27 heavy (non-hydrogen) atoms. The van der Waals surface area contributed by atoms with E-state index in [0.29, 0.717) is 17.2 Å². The Balaban J connectivity index is 1.45. The summed E-state index contributed by atoms with van der Waals surface area (Å²) >= 11 is 5.58. The quantitative estimate of drug-likeness (QED) is 0.589. The van der Waals surface area contributed by atoms with Gasteiger partial charge in [-0.25, -0.2) is 9.66 Å². The summed E-state index contributed by atoms with van der Waals surface area (Å²) in [6.07, 6.45) is 10.3. The maximum absolute atomic E-state index is 12.4. The Morgan fingerprint density at radius 2 is 2.19 bits per heavy atom. The van der Waals surface area contributed by atoms with Gasteiger partial charge in [0.15, 0.2) is 4.77 Å². The largest absolute Gasteiger partial charge is 0.348 e. The molecule has 4 rings (SSSR count). The molecule has 3 aromatic rings. The minimum atomic E-state index is -0.683. The normalized spacial score (nSPS) is 17.3. The Hall–Kier alpha value is -2.71. The minimum absolute atomic E-state index is 0.285. The van der Waals surface area contributed by atoms with Gasteiger partial charge in [-0.2, -0.15) is 0 Å². The average molecular weight is 382 g/mol. The lowest BCUT2D eigenvalue weighted by atomic mass is 9.88. The highest BCUT2D eigenvalue weighted by Crippen LogP contribution is 2.29. The molecule has 0 saturated carbocycles. The number of nitrogens with one attached hydrogen (secondary N) is 2. The number of nitrogens with two attached hydrogens (primary N) is 1. The molecule has 7 nitrogen and oxygen atoms in total. The number of aromatic nitrogens is 4. The summed E-state index contributed by atoms with van der Waals surface area (Å²) in [5.41, 5.74) is 12.4. The zero-order valence-electron chi connectivity index (χ0n) is 14.8. The van der Waals surface area contributed by atoms with Crippen LogP contribution in [0, 0.1) is 4.77 Å². The van der Waals surface area contributed by atoms with Crippen molar-refractivity contribution in [2.75, 3.05) is 5.43 Å². The van der Waals surface area contributed by atoms with Crippen LogP contribution in [0.3, 0.4) is 0 Å². The van der Waals surface area contributed by atoms with Crippen LogP contribution in [0.4, 0.5) is 0 Å². The second-order valence-corrected chi connectivity index (χ2v) is 7.25. The van der Waals surface area contributed by atoms with Crippen LogP contribution in [-0.4, -0.2) is 31.2 Å². The third kappa shape index (κ3) is 3.72. The zero-order valence-corrected chi connectivity index (χ0v) is 15.7. The Labute approximate surface area is 162 Å². The monoisotopic (exact) mass is 382 g/mol. The molecule has 1 aromatic carbocycles. The fourth-order valence-corrected chi connectivity index (χ4v) is 3.91. The summed E-state index contributed by atoms with van der Waals surface area (Å²) < 4.78 is 4.21. The van der Waals surface area contributed by atoms with Crippen molar-refractivity contribution in [2.24, 2.45) is 5.73 Å². The molecule has 2 aromatic heterocycles. The molecule has 2 heterocycles. The summed E-state index contributed by atoms with van der Waals surface area (Å²) in [7, 11) is 0. The molecule has 0 saturated heterocycles. The number of fused-ring (bicyclic) bond motifs is 1. The van der Waals surface area contributed by atoms with Gasteiger partial charge in [-0.05, 0) is 42.6 Å². The van der Waals surface area contributed by atoms with Gasteiger partial charge in [0.25, 0.3) is 5.91 Å². The number of imidazole rings is 2. The maximum Gasteiger partial charge on any atom is 0.256 e. The summed E-state index contributed by atoms with van der Waals surface area (Å²) in [4.78, 5) is 19.3. The number of carbonyl (C=O) groups excluding carboxylic acids is 1. The summed E-state index contributed by atoms with van der Waals surface area (Å²) in [5.74, 6) is -0.285. The molecule has 0 bridgehead atoms. The number of nitrogens with zero attached hydrogens (tertiary/aromatic N) is 3. The van der Waals surface area contributed by atoms with Crippen LogP contribution in [-0.2, 0) is 24.1 Å². The smallest absolute Gasteiger partial charge is 0.256 e. The highest BCUT2D eigenvalue weighted by Gasteiger charge is 2.21. The van der Waals surface area contributed by atoms with E-state index >= 15 is 0 Å². The van der Waals surface area contributed by atoms with Crippen LogP contribution in [0.2, 0.25) is 0 Å². The first kappa shape index (κ1) is 17.7. The first-order valence-corrected chi connectivity index (χ1v) is 9.42. The topological polar surface area (TPSA) is 93.7 Å². The van der Waals surface area contributed by atoms with Gasteiger partial charge in [-0.15, -0.1) is 0 Å². The lowest BCUT2D eigenvalue weighted by Gasteiger charge is -2.25. The Kier molecular flexibility index (Phi) is 4.91. The number of carbonyl (C=O) groups is 1. The molecule has 8 heteroatoms. The van der Waals surface area contributed by atoms with Crippen LogP contribution < -0.4 is 11.2 Å². The van der Waals surface area contributed by atoms with E-state index in [2.05, 4.69) is 44.2 Å². The fourth-order valence-electron chi connectivity index (χ4n) is 3.60. The molecule has 0 radical (unpaired) electrons. The van der Waals surface area contributed by atoms with Gasteiger partial charge >= 0.3 is 0 Å². The van der Waals surface area contributed by atoms with Crippen LogP contribution in [0.15, 0.2) is 49.2 Å². The van der Waals surface area contributed by atoms with Crippen molar-refractivity contribution < 1.29 is 4.79 Å². The van der Waals surface area contributed by atoms with Crippen LogP contribution in [0.5, 0.6) is 0 Å². The van der Waals surface area contributed by atoms with Crippen LogP contribution in [0.25, 0.3) is 0 Å². The average Bonchev–Trinajstić information content (AvgIpc) is 3.31. The second kappa shape index (κ2) is 7.50. The van der Waals surface area contributed by atoms with E-state index in [4.69, 9.17) is 18.0 Å². The van der Waals surface area contributed by atoms with Crippen molar-refractivity contribution in [3.05, 3.63) is 70.8 Å². The van der Waals surface area contributed by atoms with Crippen molar-refractivity contribution in [2.45, 2.75) is 37.8 Å². The van der Waals surface area contributed by atoms with Crippen molar-refractivity contribution >= 4 is 18.1 Å². The van der Waals surface area contributed by atoms with E-state index in [1.54, 1.807) is 23.4 Å². The van der Waals surface area contributed by atoms with Gasteiger partial charge in [0.05, 0.1) is 12.4 Å². The molecule has 4 N–H and O–H groups in total. The van der Waals surface area contributed by atoms with E-state index in [0.717, 1.165) is 25.0 Å². The number of benzene rings is 1. The first-order chi connectivity index (χ1) is 13.1. The van der Waals surface area contributed by atoms with Gasteiger partial charge in [-0.1, -0.05) is 24.3 Å². The van der Waals surface area contributed by atoms with Crippen LogP contribution >= 0.6 is 12.2 Å². The second-order valence-electron chi connectivity index (χ2n) is 6.89. The van der Waals surface area contributed by atoms with E-state index in [9.17, 15) is 4.79 Å². The standard InChI is InChI=1S/C19H22N6OS/c20-17(10-15-11-21-12-22-15)18(26)23-25-8-7-24(19(25)27)16-6-5-13-3-1-2-4-14(13)9-16/h1-4,7-8,11-12,16-17H,5-6,9-10,20H2,(H,21,22)(H,23,26)/t16?,17-/m0/s1. The Morgan fingerprint density at radius 1 is 1.37 bits per heavy atom. The number of amides is 1. The van der Waals surface area contributed by atoms with Crippen molar-refractivity contribution in [3.8, 4) is 0 Å². The molecule has 1 aliphatic carbocycles. The van der Waals surface area contributed by atoms with E-state index in [1.807, 2.05) is 6.20 Å². The number of hydrogen-bond acceptors (Lipinski definition) is 4. The SMILES string of the molecule is N[C@@H](Cc1cnc[nH]1)C(=O)Nn1ccn(C2CCc3ccccc3C2)c1=S. The van der Waals surface area contributed by atoms with Gasteiger partial charge in [0, 0.05) is 36.7 Å². The van der Waals surface area contributed by atoms with Gasteiger partial charge in [0.2, 0.25) is 0 Å². The fraction of sp³-hybridized carbons (Fsp3) is 0.316. The van der Waals surface area contributed by atoms with E-state index < -0.39 is 6.04 Å². The lowest BCUT2D eigenvalue weighted by Crippen LogP contribution is -2.40. The number of rotatable bonds is 5. The zero-order chi connectivity index (χ0) is 18.8. The summed E-state index contributed by atoms with van der Waals surface area (Å²) in [6, 6.07) is 8.15. The van der Waals surface area contributed by atoms with Gasteiger partial charge in [0.1, 0.15) is 0 Å². The molecular weight excluding hydrogens is 360 g/mol. The number of hydrogen-bond donors (Lipinski definition) is 3. The van der Waals surface area contributed by atoms with Gasteiger partial charge in [-0.3, -0.25) is 10.2 Å². The molecule has 0 fully saturated rings. The van der Waals surface area contributed by atoms with Crippen molar-refractivity contribution in [1.29, 1.82) is 0 Å². The number of H-pyrrole nitrogens is 1. The van der Waals surface area contributed by atoms with Gasteiger partial charge < -0.3 is 15.3 Å². The van der Waals surface area contributed by atoms with Crippen molar-refractivity contribution in [1.82, 2.24) is 19.2 Å². The Bertz CT molecular complexity index is 990. The van der Waals surface area contributed by atoms with Crippen molar-refractivity contribution in [3.63, 3.8) is 0 Å². The third-order valence-corrected chi connectivity index (χ3v) is 5.49. The molecule has 0 aliphatic heterocycles. The highest BCUT2D eigenvalue weighted by molar-refractivity contribution is 7.71. The maximum atomic E-state index is 12.4. The van der Waals surface area contributed by atoms with E-state index in [1.165, 1.54) is 11.1 Å². The lowest BCUT2D eigenvalue weighted by molar-refractivity contribution is -0.118. The molecule has 1 unspecified atom stereocenters. The predicted octanol–water partition coefficient (Wildman–Crippen LogP) is 2.11. The molecule has 2 atom stereocenters. The summed E-state index contributed by atoms with van der Waals surface area (Å²) in [5, 5.41) is 0.